The molecule has 13 heteroatoms. The van der Waals surface area contributed by atoms with Crippen LogP contribution in [-0.2, 0) is 13.1 Å². The van der Waals surface area contributed by atoms with Crippen molar-refractivity contribution in [3.05, 3.63) is 119 Å². The average molecular weight is 765 g/mol. The molecule has 9 nitrogen and oxygen atoms in total. The van der Waals surface area contributed by atoms with Gasteiger partial charge in [-0.05, 0) is 48.5 Å². The molecule has 2 aromatic carbocycles. The minimum absolute atomic E-state index is 0. The Morgan fingerprint density at radius 1 is 0.535 bits per heavy atom. The lowest BCUT2D eigenvalue weighted by molar-refractivity contribution is -0.683. The van der Waals surface area contributed by atoms with Crippen LogP contribution in [0.25, 0.3) is 0 Å². The van der Waals surface area contributed by atoms with Gasteiger partial charge in [-0.2, -0.15) is 9.13 Å². The number of nitrogens with zero attached hydrogens (tertiary/aromatic N) is 4. The van der Waals surface area contributed by atoms with Gasteiger partial charge in [-0.3, -0.25) is 9.59 Å². The summed E-state index contributed by atoms with van der Waals surface area (Å²) in [5.41, 5.74) is 3.56. The van der Waals surface area contributed by atoms with E-state index in [4.69, 9.17) is 23.2 Å². The van der Waals surface area contributed by atoms with Crippen LogP contribution in [-0.4, -0.2) is 56.2 Å². The Bertz CT molecular complexity index is 1250. The van der Waals surface area contributed by atoms with Gasteiger partial charge in [-0.1, -0.05) is 23.2 Å². The smallest absolute Gasteiger partial charge is 0.227 e. The van der Waals surface area contributed by atoms with Gasteiger partial charge in [-0.25, -0.2) is 0 Å². The van der Waals surface area contributed by atoms with Crippen molar-refractivity contribution >= 4 is 46.1 Å². The van der Waals surface area contributed by atoms with Crippen LogP contribution in [0.4, 0.5) is 11.4 Å². The molecule has 0 saturated carbocycles. The molecular formula is C30H38Br2Cl2N4O5. The van der Waals surface area contributed by atoms with E-state index < -0.39 is 0 Å². The summed E-state index contributed by atoms with van der Waals surface area (Å²) < 4.78 is 3.73. The van der Waals surface area contributed by atoms with Crippen LogP contribution in [0.3, 0.4) is 0 Å². The van der Waals surface area contributed by atoms with E-state index in [9.17, 15) is 9.59 Å². The van der Waals surface area contributed by atoms with E-state index in [-0.39, 0.29) is 62.0 Å². The summed E-state index contributed by atoms with van der Waals surface area (Å²) in [6.45, 7) is 0.657. The first-order valence-corrected chi connectivity index (χ1v) is 12.8. The van der Waals surface area contributed by atoms with E-state index >= 15 is 0 Å². The number of hydrogen-bond acceptors (Lipinski definition) is 4. The van der Waals surface area contributed by atoms with E-state index in [1.165, 1.54) is 0 Å². The van der Waals surface area contributed by atoms with E-state index in [2.05, 4.69) is 0 Å². The van der Waals surface area contributed by atoms with Crippen molar-refractivity contribution in [1.29, 1.82) is 0 Å². The molecule has 0 spiro atoms. The first-order valence-electron chi connectivity index (χ1n) is 12.0. The minimum Gasteiger partial charge on any atom is -1.00 e. The topological polar surface area (TPSA) is 143 Å². The zero-order chi connectivity index (χ0) is 27.7. The minimum atomic E-state index is 0. The van der Waals surface area contributed by atoms with Crippen molar-refractivity contribution < 1.29 is 69.1 Å². The Balaban J connectivity index is -0.000000667. The first kappa shape index (κ1) is 44.5. The largest absolute Gasteiger partial charge is 1.00 e. The molecule has 0 unspecified atom stereocenters. The molecule has 0 aliphatic rings. The van der Waals surface area contributed by atoms with Gasteiger partial charge < -0.3 is 60.2 Å². The Labute approximate surface area is 283 Å². The summed E-state index contributed by atoms with van der Waals surface area (Å²) >= 11 is 11.6. The third kappa shape index (κ3) is 14.4. The fraction of sp³-hybridized carbons (Fsp3) is 0.200. The third-order valence-electron chi connectivity index (χ3n) is 5.76. The highest BCUT2D eigenvalue weighted by molar-refractivity contribution is 6.31. The number of carbonyl (C=O) groups is 2. The quantitative estimate of drug-likeness (QED) is 0.137. The summed E-state index contributed by atoms with van der Waals surface area (Å²) in [6.07, 6.45) is 7.62. The van der Waals surface area contributed by atoms with Crippen molar-refractivity contribution in [2.24, 2.45) is 0 Å². The zero-order valence-electron chi connectivity index (χ0n) is 24.3. The summed E-state index contributed by atoms with van der Waals surface area (Å²) in [5, 5.41) is 1.28. The number of ketones is 2. The molecule has 4 rings (SSSR count). The number of benzene rings is 2. The van der Waals surface area contributed by atoms with Crippen molar-refractivity contribution in [2.75, 3.05) is 38.0 Å². The molecule has 2 aromatic heterocycles. The maximum Gasteiger partial charge on any atom is 0.227 e. The summed E-state index contributed by atoms with van der Waals surface area (Å²) in [5.74, 6) is 0.138. The van der Waals surface area contributed by atoms with E-state index in [1.807, 2.05) is 96.2 Å². The van der Waals surface area contributed by atoms with Crippen LogP contribution in [0.5, 0.6) is 0 Å². The highest BCUT2D eigenvalue weighted by Gasteiger charge is 2.13. The molecule has 0 bridgehead atoms. The number of anilines is 2. The zero-order valence-corrected chi connectivity index (χ0v) is 29.0. The Hall–Kier alpha value is -2.90. The Morgan fingerprint density at radius 3 is 1.02 bits per heavy atom. The van der Waals surface area contributed by atoms with Gasteiger partial charge >= 0.3 is 0 Å². The molecule has 0 aliphatic carbocycles. The van der Waals surface area contributed by atoms with Crippen LogP contribution in [0.15, 0.2) is 97.6 Å². The second-order valence-corrected chi connectivity index (χ2v) is 9.98. The molecule has 236 valence electrons. The number of aromatic nitrogens is 2. The first-order chi connectivity index (χ1) is 18.1. The predicted octanol–water partition coefficient (Wildman–Crippen LogP) is -3.31. The van der Waals surface area contributed by atoms with Crippen molar-refractivity contribution in [3.8, 4) is 0 Å². The predicted molar refractivity (Wildman–Crippen MR) is 164 cm³/mol. The summed E-state index contributed by atoms with van der Waals surface area (Å²) in [4.78, 5) is 28.2. The van der Waals surface area contributed by atoms with Crippen LogP contribution in [0.1, 0.15) is 20.7 Å². The van der Waals surface area contributed by atoms with Crippen LogP contribution < -0.4 is 52.9 Å². The van der Waals surface area contributed by atoms with Gasteiger partial charge in [-0.15, -0.1) is 0 Å². The Kier molecular flexibility index (Phi) is 22.5. The number of hydrogen-bond donors (Lipinski definition) is 0. The lowest BCUT2D eigenvalue weighted by Crippen LogP contribution is -3.00. The molecule has 43 heavy (non-hydrogen) atoms. The summed E-state index contributed by atoms with van der Waals surface area (Å²) in [7, 11) is 7.94. The van der Waals surface area contributed by atoms with Gasteiger partial charge in [0.15, 0.2) is 24.8 Å². The maximum atomic E-state index is 12.1. The van der Waals surface area contributed by atoms with E-state index in [0.717, 1.165) is 11.4 Å². The molecule has 0 radical (unpaired) electrons. The van der Waals surface area contributed by atoms with Crippen LogP contribution in [0.2, 0.25) is 10.0 Å². The number of rotatable bonds is 8. The van der Waals surface area contributed by atoms with Gasteiger partial charge in [0.2, 0.25) is 24.7 Å². The number of halogens is 4. The lowest BCUT2D eigenvalue weighted by atomic mass is 10.1. The van der Waals surface area contributed by atoms with Gasteiger partial charge in [0, 0.05) is 85.0 Å². The number of pyridine rings is 2. The number of carbonyl (C=O) groups excluding carboxylic acids is 2. The summed E-state index contributed by atoms with van der Waals surface area (Å²) in [6, 6.07) is 21.8. The van der Waals surface area contributed by atoms with Gasteiger partial charge in [0.1, 0.15) is 0 Å². The molecular weight excluding hydrogens is 727 g/mol. The SMILES string of the molecule is CN(C)c1cc[n+](CC(=O)c2ccc(Cl)cc2)cc1.CN(C)c1cc[n+](CC(=O)c2ccc(Cl)cc2)cc1.O.O.O.[Br-].[Br-]. The molecule has 0 atom stereocenters. The van der Waals surface area contributed by atoms with E-state index in [1.54, 1.807) is 48.5 Å². The Morgan fingerprint density at radius 2 is 0.791 bits per heavy atom. The van der Waals surface area contributed by atoms with Crippen molar-refractivity contribution in [3.63, 3.8) is 0 Å². The third-order valence-corrected chi connectivity index (χ3v) is 6.27. The monoisotopic (exact) mass is 762 g/mol. The molecule has 0 amide bonds. The average Bonchev–Trinajstić information content (AvgIpc) is 2.90. The molecule has 4 aromatic rings. The van der Waals surface area contributed by atoms with Crippen molar-refractivity contribution in [1.82, 2.24) is 0 Å². The van der Waals surface area contributed by atoms with Crippen LogP contribution >= 0.6 is 23.2 Å². The standard InChI is InChI=1S/2C15H16ClN2O.2BrH.3H2O/c2*1-17(2)14-7-9-18(10-8-14)11-15(19)12-3-5-13(16)6-4-12;;;;;/h2*3-10H,11H2,1-2H3;2*1H;3*1H2/q2*+1;;;;;/p-2. The fourth-order valence-corrected chi connectivity index (χ4v) is 3.74. The van der Waals surface area contributed by atoms with Crippen LogP contribution in [0, 0.1) is 0 Å². The highest BCUT2D eigenvalue weighted by atomic mass is 79.9. The van der Waals surface area contributed by atoms with E-state index in [0.29, 0.717) is 34.3 Å². The molecule has 0 aliphatic heterocycles. The molecule has 0 fully saturated rings. The van der Waals surface area contributed by atoms with Gasteiger partial charge in [0.05, 0.1) is 0 Å². The van der Waals surface area contributed by atoms with Crippen molar-refractivity contribution in [2.45, 2.75) is 13.1 Å². The molecule has 2 heterocycles. The second kappa shape index (κ2) is 21.7. The molecule has 0 saturated heterocycles. The lowest BCUT2D eigenvalue weighted by Gasteiger charge is -2.10. The molecule has 6 N–H and O–H groups in total. The fourth-order valence-electron chi connectivity index (χ4n) is 3.49. The maximum absolute atomic E-state index is 12.1. The highest BCUT2D eigenvalue weighted by Crippen LogP contribution is 2.12. The van der Waals surface area contributed by atoms with Gasteiger partial charge in [0.25, 0.3) is 0 Å². The number of Topliss-reactive ketones (excluding diaryl/α,β-unsaturated/α-hetero) is 2. The second-order valence-electron chi connectivity index (χ2n) is 9.11. The normalized spacial score (nSPS) is 9.07.